The van der Waals surface area contributed by atoms with Crippen LogP contribution in [0.4, 0.5) is 11.5 Å². The van der Waals surface area contributed by atoms with Crippen LogP contribution in [-0.2, 0) is 9.59 Å². The van der Waals surface area contributed by atoms with E-state index in [9.17, 15) is 24.5 Å². The van der Waals surface area contributed by atoms with Gasteiger partial charge >= 0.3 is 0 Å². The Hall–Kier alpha value is -4.02. The lowest BCUT2D eigenvalue weighted by Gasteiger charge is -2.35. The van der Waals surface area contributed by atoms with Crippen LogP contribution in [0.1, 0.15) is 34.8 Å². The van der Waals surface area contributed by atoms with Crippen molar-refractivity contribution in [2.75, 3.05) is 37.6 Å². The van der Waals surface area contributed by atoms with Gasteiger partial charge in [0.15, 0.2) is 0 Å². The first-order chi connectivity index (χ1) is 16.4. The van der Waals surface area contributed by atoms with E-state index < -0.39 is 11.0 Å². The molecule has 1 aromatic carbocycles. The molecule has 1 saturated carbocycles. The van der Waals surface area contributed by atoms with Crippen molar-refractivity contribution in [2.45, 2.75) is 24.9 Å². The molecule has 3 amide bonds. The maximum Gasteiger partial charge on any atom is 0.287 e. The van der Waals surface area contributed by atoms with E-state index in [0.29, 0.717) is 43.1 Å². The van der Waals surface area contributed by atoms with Crippen LogP contribution in [0.5, 0.6) is 0 Å². The fourth-order valence-corrected chi connectivity index (χ4v) is 4.56. The monoisotopic (exact) mass is 464 g/mol. The van der Waals surface area contributed by atoms with Gasteiger partial charge in [0, 0.05) is 43.9 Å². The Morgan fingerprint density at radius 1 is 1.09 bits per heavy atom. The highest BCUT2D eigenvalue weighted by Gasteiger charge is 2.47. The Morgan fingerprint density at radius 2 is 1.82 bits per heavy atom. The molecule has 0 radical (unpaired) electrons. The molecule has 1 unspecified atom stereocenters. The molecule has 5 rings (SSSR count). The van der Waals surface area contributed by atoms with E-state index in [4.69, 9.17) is 0 Å². The highest BCUT2D eigenvalue weighted by Crippen LogP contribution is 2.41. The number of nitrogens with zero attached hydrogens (tertiary/aromatic N) is 5. The van der Waals surface area contributed by atoms with Crippen LogP contribution in [0.25, 0.3) is 0 Å². The van der Waals surface area contributed by atoms with Gasteiger partial charge in [0.25, 0.3) is 11.6 Å². The highest BCUT2D eigenvalue weighted by molar-refractivity contribution is 6.05. The summed E-state index contributed by atoms with van der Waals surface area (Å²) in [5, 5.41) is 13.5. The molecule has 2 aliphatic heterocycles. The van der Waals surface area contributed by atoms with Crippen molar-refractivity contribution in [1.29, 1.82) is 0 Å². The lowest BCUT2D eigenvalue weighted by Crippen LogP contribution is -2.52. The largest absolute Gasteiger partial charge is 0.353 e. The van der Waals surface area contributed by atoms with Crippen LogP contribution in [-0.4, -0.2) is 76.2 Å². The number of fused-ring (bicyclic) bond motifs is 1. The molecule has 0 spiro atoms. The molecule has 1 N–H and O–H groups in total. The fraction of sp³-hybridized carbons (Fsp3) is 0.391. The number of pyridine rings is 1. The number of nitrogens with one attached hydrogen (secondary N) is 1. The van der Waals surface area contributed by atoms with Gasteiger partial charge in [-0.1, -0.05) is 18.2 Å². The maximum atomic E-state index is 13.1. The van der Waals surface area contributed by atoms with Crippen LogP contribution in [0.15, 0.2) is 42.6 Å². The first-order valence-corrected chi connectivity index (χ1v) is 11.3. The number of nitro groups is 1. The molecule has 1 aliphatic carbocycles. The molecular formula is C23H24N6O5. The normalized spacial score (nSPS) is 19.7. The molecule has 2 aromatic rings. The Labute approximate surface area is 195 Å². The first kappa shape index (κ1) is 21.8. The second-order valence-corrected chi connectivity index (χ2v) is 8.65. The van der Waals surface area contributed by atoms with E-state index in [0.717, 1.165) is 12.8 Å². The quantitative estimate of drug-likeness (QED) is 0.501. The molecule has 3 heterocycles. The molecule has 11 nitrogen and oxygen atoms in total. The number of hydrogen-bond donors (Lipinski definition) is 1. The smallest absolute Gasteiger partial charge is 0.287 e. The number of rotatable bonds is 6. The van der Waals surface area contributed by atoms with Crippen LogP contribution >= 0.6 is 0 Å². The number of hydrogen-bond acceptors (Lipinski definition) is 7. The van der Waals surface area contributed by atoms with Crippen molar-refractivity contribution in [1.82, 2.24) is 20.1 Å². The summed E-state index contributed by atoms with van der Waals surface area (Å²) in [7, 11) is 0. The molecule has 176 valence electrons. The zero-order valence-electron chi connectivity index (χ0n) is 18.4. The number of benzene rings is 1. The van der Waals surface area contributed by atoms with Crippen molar-refractivity contribution in [3.05, 3.63) is 63.8 Å². The molecule has 3 aliphatic rings. The third-order valence-corrected chi connectivity index (χ3v) is 6.50. The summed E-state index contributed by atoms with van der Waals surface area (Å²) in [6.45, 7) is 1.83. The van der Waals surface area contributed by atoms with Gasteiger partial charge in [-0.05, 0) is 30.5 Å². The first-order valence-electron chi connectivity index (χ1n) is 11.3. The molecule has 0 bridgehead atoms. The van der Waals surface area contributed by atoms with E-state index in [1.807, 2.05) is 11.0 Å². The van der Waals surface area contributed by atoms with E-state index >= 15 is 0 Å². The number of carbonyl (C=O) groups excluding carboxylic acids is 3. The predicted octanol–water partition coefficient (Wildman–Crippen LogP) is 1.11. The Morgan fingerprint density at radius 3 is 2.47 bits per heavy atom. The second kappa shape index (κ2) is 8.73. The summed E-state index contributed by atoms with van der Waals surface area (Å²) in [4.78, 5) is 58.3. The van der Waals surface area contributed by atoms with Gasteiger partial charge in [-0.3, -0.25) is 24.5 Å². The topological polar surface area (TPSA) is 129 Å². The molecule has 11 heteroatoms. The summed E-state index contributed by atoms with van der Waals surface area (Å²) >= 11 is 0. The summed E-state index contributed by atoms with van der Waals surface area (Å²) < 4.78 is 0. The van der Waals surface area contributed by atoms with Crippen molar-refractivity contribution in [3.63, 3.8) is 0 Å². The highest BCUT2D eigenvalue weighted by atomic mass is 16.6. The Kier molecular flexibility index (Phi) is 5.60. The van der Waals surface area contributed by atoms with Gasteiger partial charge in [0.05, 0.1) is 11.5 Å². The zero-order valence-corrected chi connectivity index (χ0v) is 18.4. The summed E-state index contributed by atoms with van der Waals surface area (Å²) in [5.74, 6) is -0.0382. The molecular weight excluding hydrogens is 440 g/mol. The minimum Gasteiger partial charge on any atom is -0.353 e. The molecule has 1 aromatic heterocycles. The van der Waals surface area contributed by atoms with Crippen molar-refractivity contribution in [2.24, 2.45) is 0 Å². The molecule has 2 fully saturated rings. The van der Waals surface area contributed by atoms with Gasteiger partial charge < -0.3 is 20.0 Å². The number of amides is 3. The van der Waals surface area contributed by atoms with Crippen LogP contribution in [0, 0.1) is 10.1 Å². The fourth-order valence-electron chi connectivity index (χ4n) is 4.56. The minimum atomic E-state index is -0.700. The van der Waals surface area contributed by atoms with E-state index in [1.54, 1.807) is 34.1 Å². The third-order valence-electron chi connectivity index (χ3n) is 6.50. The van der Waals surface area contributed by atoms with Crippen LogP contribution in [0.3, 0.4) is 0 Å². The predicted molar refractivity (Wildman–Crippen MR) is 121 cm³/mol. The summed E-state index contributed by atoms with van der Waals surface area (Å²) in [5.41, 5.74) is 1.17. The SMILES string of the molecule is O=C(NCC(=O)N1CCN(c2ccc([N+](=O)[O-])cn2)CC1)C1c2ccccc2C(=O)N1C1CC1. The number of aromatic nitrogens is 1. The second-order valence-electron chi connectivity index (χ2n) is 8.65. The van der Waals surface area contributed by atoms with E-state index in [-0.39, 0.29) is 36.0 Å². The van der Waals surface area contributed by atoms with Crippen molar-refractivity contribution in [3.8, 4) is 0 Å². The molecule has 1 saturated heterocycles. The van der Waals surface area contributed by atoms with Gasteiger partial charge in [-0.2, -0.15) is 0 Å². The van der Waals surface area contributed by atoms with E-state index in [2.05, 4.69) is 10.3 Å². The lowest BCUT2D eigenvalue weighted by atomic mass is 10.0. The van der Waals surface area contributed by atoms with Gasteiger partial charge in [-0.15, -0.1) is 0 Å². The summed E-state index contributed by atoms with van der Waals surface area (Å²) in [6.07, 6.45) is 2.99. The van der Waals surface area contributed by atoms with Crippen molar-refractivity contribution < 1.29 is 19.3 Å². The average molecular weight is 464 g/mol. The van der Waals surface area contributed by atoms with Crippen molar-refractivity contribution >= 4 is 29.2 Å². The van der Waals surface area contributed by atoms with Gasteiger partial charge in [0.1, 0.15) is 18.1 Å². The lowest BCUT2D eigenvalue weighted by molar-refractivity contribution is -0.385. The third kappa shape index (κ3) is 4.04. The number of carbonyl (C=O) groups is 3. The number of anilines is 1. The average Bonchev–Trinajstić information content (AvgIpc) is 3.66. The molecule has 1 atom stereocenters. The summed E-state index contributed by atoms with van der Waals surface area (Å²) in [6, 6.07) is 9.53. The number of piperazine rings is 1. The van der Waals surface area contributed by atoms with E-state index in [1.165, 1.54) is 12.3 Å². The molecule has 34 heavy (non-hydrogen) atoms. The van der Waals surface area contributed by atoms with Crippen LogP contribution in [0.2, 0.25) is 0 Å². The Bertz CT molecular complexity index is 1140. The maximum absolute atomic E-state index is 13.1. The van der Waals surface area contributed by atoms with Crippen LogP contribution < -0.4 is 10.2 Å². The van der Waals surface area contributed by atoms with Gasteiger partial charge in [0.2, 0.25) is 11.8 Å². The zero-order chi connectivity index (χ0) is 23.8. The minimum absolute atomic E-state index is 0.0693. The van der Waals surface area contributed by atoms with Gasteiger partial charge in [-0.25, -0.2) is 4.98 Å². The Balaban J connectivity index is 1.16. The standard InChI is InChI=1S/C23H24N6O5/c30-20(27-11-9-26(10-12-27)19-8-7-16(13-24-19)29(33)34)14-25-22(31)21-17-3-1-2-4-18(17)23(32)28(21)15-5-6-15/h1-4,7-8,13,15,21H,5-6,9-12,14H2,(H,25,31).